The van der Waals surface area contributed by atoms with Gasteiger partial charge in [0.25, 0.3) is 5.56 Å². The molecule has 2 aromatic rings. The third kappa shape index (κ3) is 2.60. The second-order valence-electron chi connectivity index (χ2n) is 4.86. The van der Waals surface area contributed by atoms with Crippen LogP contribution in [0.2, 0.25) is 5.02 Å². The molecule has 2 heterocycles. The molecule has 0 bridgehead atoms. The van der Waals surface area contributed by atoms with Crippen LogP contribution in [-0.4, -0.2) is 15.0 Å². The van der Waals surface area contributed by atoms with E-state index in [4.69, 9.17) is 11.6 Å². The number of aromatic nitrogens is 3. The number of hydrogen-bond donors (Lipinski definition) is 1. The van der Waals surface area contributed by atoms with Crippen LogP contribution in [-0.2, 0) is 18.6 Å². The number of H-pyrrole nitrogens is 1. The molecule has 0 amide bonds. The molecule has 1 N–H and O–H groups in total. The number of nitrogens with one attached hydrogen (secondary N) is 1. The Morgan fingerprint density at radius 2 is 2.25 bits per heavy atom. The summed E-state index contributed by atoms with van der Waals surface area (Å²) in [5.41, 5.74) is 3.90. The van der Waals surface area contributed by atoms with Crippen molar-refractivity contribution >= 4 is 23.4 Å². The first-order chi connectivity index (χ1) is 9.65. The lowest BCUT2D eigenvalue weighted by Crippen LogP contribution is -2.14. The molecule has 0 saturated carbocycles. The first-order valence-corrected chi connectivity index (χ1v) is 7.85. The second kappa shape index (κ2) is 5.58. The van der Waals surface area contributed by atoms with Gasteiger partial charge in [-0.05, 0) is 37.3 Å². The number of rotatable bonds is 3. The van der Waals surface area contributed by atoms with Gasteiger partial charge in [0.2, 0.25) is 0 Å². The topological polar surface area (TPSA) is 58.6 Å². The first kappa shape index (κ1) is 13.6. The number of fused-ring (bicyclic) bond motifs is 1. The lowest BCUT2D eigenvalue weighted by Gasteiger charge is -2.07. The molecule has 0 saturated heterocycles. The lowest BCUT2D eigenvalue weighted by atomic mass is 10.2. The molecule has 104 valence electrons. The quantitative estimate of drug-likeness (QED) is 0.699. The third-order valence-corrected chi connectivity index (χ3v) is 4.72. The standard InChI is InChI=1S/C14H14ClN3OS/c1-8-5-16-6-11(15)10(8)7-20-14-17-12-4-2-3-9(12)13(19)18-14/h5-6H,2-4,7H2,1H3,(H,17,18,19). The molecule has 0 fully saturated rings. The van der Waals surface area contributed by atoms with Crippen LogP contribution < -0.4 is 5.56 Å². The maximum absolute atomic E-state index is 11.9. The molecule has 6 heteroatoms. The van der Waals surface area contributed by atoms with Crippen LogP contribution in [0.15, 0.2) is 22.3 Å². The van der Waals surface area contributed by atoms with E-state index in [1.54, 1.807) is 12.4 Å². The van der Waals surface area contributed by atoms with Gasteiger partial charge in [-0.25, -0.2) is 4.98 Å². The third-order valence-electron chi connectivity index (χ3n) is 3.49. The SMILES string of the molecule is Cc1cncc(Cl)c1CSc1nc2c(c(=O)[nH]1)CCC2. The summed E-state index contributed by atoms with van der Waals surface area (Å²) in [6.45, 7) is 1.98. The number of aromatic amines is 1. The molecule has 0 aliphatic heterocycles. The van der Waals surface area contributed by atoms with Gasteiger partial charge in [-0.15, -0.1) is 0 Å². The van der Waals surface area contributed by atoms with E-state index in [9.17, 15) is 4.79 Å². The summed E-state index contributed by atoms with van der Waals surface area (Å²) in [4.78, 5) is 23.4. The second-order valence-corrected chi connectivity index (χ2v) is 6.23. The van der Waals surface area contributed by atoms with E-state index in [2.05, 4.69) is 15.0 Å². The van der Waals surface area contributed by atoms with Crippen molar-refractivity contribution < 1.29 is 0 Å². The van der Waals surface area contributed by atoms with Crippen LogP contribution in [0.25, 0.3) is 0 Å². The fourth-order valence-electron chi connectivity index (χ4n) is 2.37. The Labute approximate surface area is 126 Å². The minimum atomic E-state index is 0.00699. The molecule has 0 unspecified atom stereocenters. The number of halogens is 1. The molecule has 2 aromatic heterocycles. The average Bonchev–Trinajstić information content (AvgIpc) is 2.87. The van der Waals surface area contributed by atoms with Gasteiger partial charge in [-0.3, -0.25) is 9.78 Å². The minimum absolute atomic E-state index is 0.00699. The van der Waals surface area contributed by atoms with Crippen LogP contribution in [0.4, 0.5) is 0 Å². The monoisotopic (exact) mass is 307 g/mol. The van der Waals surface area contributed by atoms with Crippen molar-refractivity contribution in [2.75, 3.05) is 0 Å². The summed E-state index contributed by atoms with van der Waals surface area (Å²) in [6, 6.07) is 0. The van der Waals surface area contributed by atoms with Crippen molar-refractivity contribution in [3.8, 4) is 0 Å². The van der Waals surface area contributed by atoms with Gasteiger partial charge in [-0.2, -0.15) is 0 Å². The highest BCUT2D eigenvalue weighted by atomic mass is 35.5. The Morgan fingerprint density at radius 1 is 1.40 bits per heavy atom. The predicted molar refractivity (Wildman–Crippen MR) is 80.4 cm³/mol. The highest BCUT2D eigenvalue weighted by Gasteiger charge is 2.17. The fraction of sp³-hybridized carbons (Fsp3) is 0.357. The van der Waals surface area contributed by atoms with Crippen LogP contribution >= 0.6 is 23.4 Å². The molecule has 0 spiro atoms. The van der Waals surface area contributed by atoms with Crippen molar-refractivity contribution in [3.63, 3.8) is 0 Å². The van der Waals surface area contributed by atoms with Crippen LogP contribution in [0.5, 0.6) is 0 Å². The van der Waals surface area contributed by atoms with Gasteiger partial charge in [0, 0.05) is 23.7 Å². The highest BCUT2D eigenvalue weighted by Crippen LogP contribution is 2.27. The van der Waals surface area contributed by atoms with E-state index < -0.39 is 0 Å². The van der Waals surface area contributed by atoms with E-state index in [-0.39, 0.29) is 5.56 Å². The van der Waals surface area contributed by atoms with E-state index >= 15 is 0 Å². The maximum Gasteiger partial charge on any atom is 0.254 e. The number of pyridine rings is 1. The summed E-state index contributed by atoms with van der Waals surface area (Å²) in [6.07, 6.45) is 6.21. The molecule has 1 aliphatic rings. The molecule has 0 atom stereocenters. The molecular formula is C14H14ClN3OS. The fourth-order valence-corrected chi connectivity index (χ4v) is 3.72. The lowest BCUT2D eigenvalue weighted by molar-refractivity contribution is 0.869. The van der Waals surface area contributed by atoms with Gasteiger partial charge in [0.1, 0.15) is 0 Å². The molecule has 3 rings (SSSR count). The largest absolute Gasteiger partial charge is 0.301 e. The van der Waals surface area contributed by atoms with Gasteiger partial charge < -0.3 is 4.98 Å². The molecule has 0 radical (unpaired) electrons. The van der Waals surface area contributed by atoms with Crippen LogP contribution in [0, 0.1) is 6.92 Å². The predicted octanol–water partition coefficient (Wildman–Crippen LogP) is 2.91. The Bertz CT molecular complexity index is 694. The number of thioether (sulfide) groups is 1. The zero-order valence-electron chi connectivity index (χ0n) is 11.1. The van der Waals surface area contributed by atoms with Crippen molar-refractivity contribution in [1.29, 1.82) is 0 Å². The Kier molecular flexibility index (Phi) is 3.81. The van der Waals surface area contributed by atoms with Crippen LogP contribution in [0.1, 0.15) is 28.8 Å². The number of aryl methyl sites for hydroxylation is 2. The van der Waals surface area contributed by atoms with Gasteiger partial charge >= 0.3 is 0 Å². The van der Waals surface area contributed by atoms with Gasteiger partial charge in [0.05, 0.1) is 10.7 Å². The van der Waals surface area contributed by atoms with Crippen LogP contribution in [0.3, 0.4) is 0 Å². The van der Waals surface area contributed by atoms with Crippen molar-refractivity contribution in [2.24, 2.45) is 0 Å². The van der Waals surface area contributed by atoms with Crippen molar-refractivity contribution in [2.45, 2.75) is 37.1 Å². The Morgan fingerprint density at radius 3 is 3.05 bits per heavy atom. The van der Waals surface area contributed by atoms with E-state index in [0.29, 0.717) is 15.9 Å². The Balaban J connectivity index is 1.83. The van der Waals surface area contributed by atoms with Crippen molar-refractivity contribution in [3.05, 3.63) is 50.2 Å². The maximum atomic E-state index is 11.9. The zero-order valence-corrected chi connectivity index (χ0v) is 12.6. The van der Waals surface area contributed by atoms with Crippen molar-refractivity contribution in [1.82, 2.24) is 15.0 Å². The normalized spacial score (nSPS) is 13.5. The zero-order chi connectivity index (χ0) is 14.1. The van der Waals surface area contributed by atoms with Gasteiger partial charge in [-0.1, -0.05) is 23.4 Å². The minimum Gasteiger partial charge on any atom is -0.301 e. The average molecular weight is 308 g/mol. The van der Waals surface area contributed by atoms with Gasteiger partial charge in [0.15, 0.2) is 5.16 Å². The summed E-state index contributed by atoms with van der Waals surface area (Å²) in [5.74, 6) is 0.676. The van der Waals surface area contributed by atoms with E-state index in [1.807, 2.05) is 6.92 Å². The molecule has 1 aliphatic carbocycles. The smallest absolute Gasteiger partial charge is 0.254 e. The highest BCUT2D eigenvalue weighted by molar-refractivity contribution is 7.98. The van der Waals surface area contributed by atoms with E-state index in [0.717, 1.165) is 41.6 Å². The summed E-state index contributed by atoms with van der Waals surface area (Å²) in [7, 11) is 0. The molecular weight excluding hydrogens is 294 g/mol. The number of nitrogens with zero attached hydrogens (tertiary/aromatic N) is 2. The molecule has 20 heavy (non-hydrogen) atoms. The first-order valence-electron chi connectivity index (χ1n) is 6.49. The molecule has 0 aromatic carbocycles. The molecule has 4 nitrogen and oxygen atoms in total. The Hall–Kier alpha value is -1.33. The summed E-state index contributed by atoms with van der Waals surface area (Å²) >= 11 is 7.66. The number of hydrogen-bond acceptors (Lipinski definition) is 4. The van der Waals surface area contributed by atoms with E-state index in [1.165, 1.54) is 11.8 Å². The summed E-state index contributed by atoms with van der Waals surface area (Å²) < 4.78 is 0. The summed E-state index contributed by atoms with van der Waals surface area (Å²) in [5, 5.41) is 1.32.